The van der Waals surface area contributed by atoms with Crippen LogP contribution in [0.2, 0.25) is 0 Å². The lowest BCUT2D eigenvalue weighted by Gasteiger charge is -2.10. The highest BCUT2D eigenvalue weighted by Crippen LogP contribution is 2.25. The first-order valence-corrected chi connectivity index (χ1v) is 8.23. The fourth-order valence-corrected chi connectivity index (χ4v) is 2.89. The number of nitrogens with zero attached hydrogens (tertiary/aromatic N) is 1. The molecule has 7 nitrogen and oxygen atoms in total. The van der Waals surface area contributed by atoms with Gasteiger partial charge in [0.15, 0.2) is 0 Å². The second-order valence-electron chi connectivity index (χ2n) is 6.33. The number of hydrogen-bond acceptors (Lipinski definition) is 6. The van der Waals surface area contributed by atoms with Crippen molar-refractivity contribution >= 4 is 22.6 Å². The van der Waals surface area contributed by atoms with Gasteiger partial charge in [-0.1, -0.05) is 12.1 Å². The first kappa shape index (κ1) is 18.3. The monoisotopic (exact) mass is 367 g/mol. The number of esters is 1. The van der Waals surface area contributed by atoms with Crippen molar-refractivity contribution < 1.29 is 18.9 Å². The summed E-state index contributed by atoms with van der Waals surface area (Å²) in [5.41, 5.74) is 2.25. The predicted octanol–water partition coefficient (Wildman–Crippen LogP) is 3.98. The third-order valence-electron chi connectivity index (χ3n) is 4.44. The van der Waals surface area contributed by atoms with Crippen LogP contribution in [0, 0.1) is 30.9 Å². The predicted molar refractivity (Wildman–Crippen MR) is 98.9 cm³/mol. The van der Waals surface area contributed by atoms with Crippen LogP contribution < -0.4 is 5.63 Å². The summed E-state index contributed by atoms with van der Waals surface area (Å²) in [5, 5.41) is 11.9. The molecule has 0 amide bonds. The normalized spacial score (nSPS) is 10.8. The Bertz CT molecular complexity index is 1130. The third kappa shape index (κ3) is 3.57. The van der Waals surface area contributed by atoms with E-state index in [0.717, 1.165) is 11.1 Å². The van der Waals surface area contributed by atoms with Gasteiger partial charge < -0.3 is 9.15 Å². The lowest BCUT2D eigenvalue weighted by molar-refractivity contribution is -0.385. The topological polar surface area (TPSA) is 99.7 Å². The van der Waals surface area contributed by atoms with Gasteiger partial charge in [0, 0.05) is 22.6 Å². The maximum absolute atomic E-state index is 12.4. The lowest BCUT2D eigenvalue weighted by Crippen LogP contribution is -2.10. The number of para-hydroxylation sites is 1. The molecule has 1 aromatic heterocycles. The van der Waals surface area contributed by atoms with E-state index in [1.54, 1.807) is 25.1 Å². The molecular formula is C20H17NO6. The molecule has 2 aromatic carbocycles. The van der Waals surface area contributed by atoms with Crippen LogP contribution >= 0.6 is 0 Å². The van der Waals surface area contributed by atoms with Crippen molar-refractivity contribution in [1.82, 2.24) is 0 Å². The molecule has 0 unspecified atom stereocenters. The first-order valence-electron chi connectivity index (χ1n) is 8.23. The van der Waals surface area contributed by atoms with Crippen molar-refractivity contribution in [3.63, 3.8) is 0 Å². The Morgan fingerprint density at radius 2 is 1.81 bits per heavy atom. The Hall–Kier alpha value is -3.48. The van der Waals surface area contributed by atoms with Crippen molar-refractivity contribution in [2.45, 2.75) is 27.4 Å². The maximum atomic E-state index is 12.4. The molecule has 0 bridgehead atoms. The molecule has 3 aromatic rings. The second kappa shape index (κ2) is 7.03. The quantitative estimate of drug-likeness (QED) is 0.299. The SMILES string of the molecule is Cc1cc2oc(=O)cc(COC(=O)c3cccc(C)c3[N+](=O)[O-])c2cc1C. The van der Waals surface area contributed by atoms with Gasteiger partial charge in [-0.05, 0) is 50.1 Å². The van der Waals surface area contributed by atoms with E-state index in [-0.39, 0.29) is 17.9 Å². The molecule has 0 spiro atoms. The number of fused-ring (bicyclic) bond motifs is 1. The highest BCUT2D eigenvalue weighted by atomic mass is 16.6. The number of hydrogen-bond donors (Lipinski definition) is 0. The average molecular weight is 367 g/mol. The van der Waals surface area contributed by atoms with E-state index < -0.39 is 16.5 Å². The summed E-state index contributed by atoms with van der Waals surface area (Å²) in [5.74, 6) is -0.823. The average Bonchev–Trinajstić information content (AvgIpc) is 2.60. The number of ether oxygens (including phenoxy) is 1. The Morgan fingerprint density at radius 1 is 1.11 bits per heavy atom. The molecule has 0 fully saturated rings. The van der Waals surface area contributed by atoms with Crippen LogP contribution in [0.1, 0.15) is 32.6 Å². The maximum Gasteiger partial charge on any atom is 0.345 e. The molecule has 0 saturated heterocycles. The molecule has 0 atom stereocenters. The summed E-state index contributed by atoms with van der Waals surface area (Å²) in [6, 6.07) is 9.32. The fraction of sp³-hybridized carbons (Fsp3) is 0.200. The molecule has 0 aliphatic rings. The minimum Gasteiger partial charge on any atom is -0.457 e. The van der Waals surface area contributed by atoms with E-state index in [2.05, 4.69) is 0 Å². The molecule has 1 heterocycles. The number of carbonyl (C=O) groups is 1. The number of nitro groups is 1. The van der Waals surface area contributed by atoms with E-state index in [4.69, 9.17) is 9.15 Å². The summed E-state index contributed by atoms with van der Waals surface area (Å²) in [6.45, 7) is 5.18. The zero-order valence-corrected chi connectivity index (χ0v) is 15.1. The Labute approximate surface area is 154 Å². The fourth-order valence-electron chi connectivity index (χ4n) is 2.89. The molecule has 7 heteroatoms. The lowest BCUT2D eigenvalue weighted by atomic mass is 10.0. The van der Waals surface area contributed by atoms with Crippen LogP contribution in [0.25, 0.3) is 11.0 Å². The molecule has 27 heavy (non-hydrogen) atoms. The van der Waals surface area contributed by atoms with Crippen molar-refractivity contribution in [2.24, 2.45) is 0 Å². The van der Waals surface area contributed by atoms with Crippen LogP contribution in [-0.4, -0.2) is 10.9 Å². The van der Waals surface area contributed by atoms with Gasteiger partial charge in [-0.15, -0.1) is 0 Å². The minimum atomic E-state index is -0.823. The molecule has 0 saturated carbocycles. The van der Waals surface area contributed by atoms with Crippen molar-refractivity contribution in [3.8, 4) is 0 Å². The molecular weight excluding hydrogens is 350 g/mol. The standard InChI is InChI=1S/C20H17NO6/c1-11-5-4-6-15(19(11)21(24)25)20(23)26-10-14-9-18(22)27-17-8-13(3)12(2)7-16(14)17/h4-9H,10H2,1-3H3. The van der Waals surface area contributed by atoms with Crippen LogP contribution in [0.4, 0.5) is 5.69 Å². The van der Waals surface area contributed by atoms with Crippen LogP contribution in [0.15, 0.2) is 45.6 Å². The van der Waals surface area contributed by atoms with Gasteiger partial charge in [-0.3, -0.25) is 10.1 Å². The van der Waals surface area contributed by atoms with Gasteiger partial charge in [0.1, 0.15) is 17.8 Å². The van der Waals surface area contributed by atoms with E-state index in [1.165, 1.54) is 12.1 Å². The van der Waals surface area contributed by atoms with Crippen molar-refractivity contribution in [2.75, 3.05) is 0 Å². The molecule has 138 valence electrons. The Balaban J connectivity index is 1.95. The number of benzene rings is 2. The first-order chi connectivity index (χ1) is 12.8. The van der Waals surface area contributed by atoms with Gasteiger partial charge in [0.05, 0.1) is 4.92 Å². The molecule has 0 radical (unpaired) electrons. The van der Waals surface area contributed by atoms with Crippen molar-refractivity contribution in [1.29, 1.82) is 0 Å². The van der Waals surface area contributed by atoms with E-state index in [0.29, 0.717) is 22.1 Å². The van der Waals surface area contributed by atoms with E-state index in [1.807, 2.05) is 19.9 Å². The number of nitro benzene ring substituents is 1. The second-order valence-corrected chi connectivity index (χ2v) is 6.33. The summed E-state index contributed by atoms with van der Waals surface area (Å²) in [7, 11) is 0. The molecule has 3 rings (SSSR count). The molecule has 0 N–H and O–H groups in total. The van der Waals surface area contributed by atoms with Gasteiger partial charge >= 0.3 is 11.6 Å². The summed E-state index contributed by atoms with van der Waals surface area (Å²) < 4.78 is 10.5. The van der Waals surface area contributed by atoms with E-state index in [9.17, 15) is 19.7 Å². The van der Waals surface area contributed by atoms with Gasteiger partial charge in [-0.2, -0.15) is 0 Å². The Morgan fingerprint density at radius 3 is 2.52 bits per heavy atom. The van der Waals surface area contributed by atoms with Crippen LogP contribution in [-0.2, 0) is 11.3 Å². The third-order valence-corrected chi connectivity index (χ3v) is 4.44. The highest BCUT2D eigenvalue weighted by Gasteiger charge is 2.23. The zero-order valence-electron chi connectivity index (χ0n) is 15.1. The van der Waals surface area contributed by atoms with Crippen molar-refractivity contribution in [3.05, 3.63) is 84.7 Å². The van der Waals surface area contributed by atoms with Gasteiger partial charge in [-0.25, -0.2) is 9.59 Å². The summed E-state index contributed by atoms with van der Waals surface area (Å²) >= 11 is 0. The molecule has 0 aliphatic heterocycles. The largest absolute Gasteiger partial charge is 0.457 e. The summed E-state index contributed by atoms with van der Waals surface area (Å²) in [4.78, 5) is 34.9. The van der Waals surface area contributed by atoms with Crippen LogP contribution in [0.3, 0.4) is 0 Å². The number of aryl methyl sites for hydroxylation is 3. The zero-order chi connectivity index (χ0) is 19.7. The smallest absolute Gasteiger partial charge is 0.345 e. The highest BCUT2D eigenvalue weighted by molar-refractivity contribution is 5.94. The number of rotatable bonds is 4. The van der Waals surface area contributed by atoms with Gasteiger partial charge in [0.2, 0.25) is 0 Å². The van der Waals surface area contributed by atoms with Crippen LogP contribution in [0.5, 0.6) is 0 Å². The van der Waals surface area contributed by atoms with Gasteiger partial charge in [0.25, 0.3) is 5.69 Å². The molecule has 0 aliphatic carbocycles. The minimum absolute atomic E-state index is 0.126. The summed E-state index contributed by atoms with van der Waals surface area (Å²) in [6.07, 6.45) is 0. The number of carbonyl (C=O) groups excluding carboxylic acids is 1. The van der Waals surface area contributed by atoms with E-state index >= 15 is 0 Å². The Kier molecular flexibility index (Phi) is 4.77.